The molecule has 7 nitrogen and oxygen atoms in total. The molecule has 0 unspecified atom stereocenters. The molecule has 0 spiro atoms. The van der Waals surface area contributed by atoms with E-state index in [0.29, 0.717) is 5.75 Å². The zero-order chi connectivity index (χ0) is 16.8. The van der Waals surface area contributed by atoms with Crippen molar-refractivity contribution in [2.45, 2.75) is 6.54 Å². The van der Waals surface area contributed by atoms with Crippen LogP contribution in [0.25, 0.3) is 11.6 Å². The molecule has 0 amide bonds. The highest BCUT2D eigenvalue weighted by Gasteiger charge is 2.18. The number of ether oxygens (including phenoxy) is 1. The molecule has 116 valence electrons. The van der Waals surface area contributed by atoms with Crippen LogP contribution in [0.4, 0.5) is 5.82 Å². The van der Waals surface area contributed by atoms with Gasteiger partial charge in [0.05, 0.1) is 25.8 Å². The number of aliphatic hydroxyl groups is 1. The Bertz CT molecular complexity index is 807. The Morgan fingerprint density at radius 2 is 2.09 bits per heavy atom. The van der Waals surface area contributed by atoms with Gasteiger partial charge in [0.25, 0.3) is 0 Å². The summed E-state index contributed by atoms with van der Waals surface area (Å²) in [5, 5.41) is 31.8. The van der Waals surface area contributed by atoms with E-state index in [-0.39, 0.29) is 35.8 Å². The number of benzene rings is 1. The van der Waals surface area contributed by atoms with Crippen molar-refractivity contribution in [3.8, 4) is 17.9 Å². The molecule has 23 heavy (non-hydrogen) atoms. The van der Waals surface area contributed by atoms with Crippen LogP contribution in [-0.4, -0.2) is 28.6 Å². The summed E-state index contributed by atoms with van der Waals surface area (Å²) in [6.45, 7) is -0.0119. The summed E-state index contributed by atoms with van der Waals surface area (Å²) in [5.74, 6) is 0.835. The van der Waals surface area contributed by atoms with Crippen LogP contribution in [0.2, 0.25) is 0 Å². The second-order valence-electron chi connectivity index (χ2n) is 4.61. The maximum absolute atomic E-state index is 9.40. The van der Waals surface area contributed by atoms with Crippen molar-refractivity contribution in [1.82, 2.24) is 9.78 Å². The first-order valence-electron chi connectivity index (χ1n) is 6.78. The van der Waals surface area contributed by atoms with Gasteiger partial charge in [0.15, 0.2) is 0 Å². The predicted molar refractivity (Wildman–Crippen MR) is 84.9 cm³/mol. The molecule has 7 heteroatoms. The number of anilines is 1. The lowest BCUT2D eigenvalue weighted by atomic mass is 10.1. The molecule has 0 fully saturated rings. The van der Waals surface area contributed by atoms with E-state index in [1.807, 2.05) is 12.1 Å². The van der Waals surface area contributed by atoms with Crippen LogP contribution in [0.3, 0.4) is 0 Å². The number of nitrogens with zero attached hydrogens (tertiary/aromatic N) is 4. The van der Waals surface area contributed by atoms with E-state index >= 15 is 0 Å². The second kappa shape index (κ2) is 7.12. The summed E-state index contributed by atoms with van der Waals surface area (Å²) in [4.78, 5) is 0. The van der Waals surface area contributed by atoms with E-state index in [2.05, 4.69) is 5.10 Å². The van der Waals surface area contributed by atoms with Gasteiger partial charge < -0.3 is 15.6 Å². The fourth-order valence-electron chi connectivity index (χ4n) is 2.06. The monoisotopic (exact) mass is 309 g/mol. The number of methoxy groups -OCH3 is 1. The summed E-state index contributed by atoms with van der Waals surface area (Å²) in [6, 6.07) is 11.1. The van der Waals surface area contributed by atoms with E-state index in [1.54, 1.807) is 37.5 Å². The van der Waals surface area contributed by atoms with Gasteiger partial charge in [0, 0.05) is 0 Å². The third kappa shape index (κ3) is 3.31. The Balaban J connectivity index is 2.48. The van der Waals surface area contributed by atoms with Crippen molar-refractivity contribution < 1.29 is 9.84 Å². The number of aromatic nitrogens is 2. The molecule has 0 aliphatic heterocycles. The van der Waals surface area contributed by atoms with Crippen molar-refractivity contribution >= 4 is 17.5 Å². The number of aliphatic hydroxyl groups excluding tert-OH is 1. The first-order valence-corrected chi connectivity index (χ1v) is 6.78. The lowest BCUT2D eigenvalue weighted by Crippen LogP contribution is -2.07. The molecule has 3 N–H and O–H groups in total. The molecule has 0 saturated carbocycles. The van der Waals surface area contributed by atoms with E-state index in [9.17, 15) is 10.5 Å². The zero-order valence-corrected chi connectivity index (χ0v) is 12.5. The normalized spacial score (nSPS) is 10.9. The number of nitrogens with two attached hydrogens (primary N) is 1. The minimum Gasteiger partial charge on any atom is -0.497 e. The average Bonchev–Trinajstić information content (AvgIpc) is 2.89. The molecule has 1 aromatic heterocycles. The molecule has 2 rings (SSSR count). The smallest absolute Gasteiger partial charge is 0.140 e. The van der Waals surface area contributed by atoms with Gasteiger partial charge in [0.2, 0.25) is 0 Å². The van der Waals surface area contributed by atoms with E-state index in [4.69, 9.17) is 15.6 Å². The highest BCUT2D eigenvalue weighted by atomic mass is 16.5. The fourth-order valence-corrected chi connectivity index (χ4v) is 2.06. The standard InChI is InChI=1S/C16H15N5O2/c1-23-13-4-2-11(3-5-13)8-12(9-17)15-14(10-18)16(19)21(20-15)6-7-22/h2-5,8,22H,6-7,19H2,1H3/b12-8+. The number of allylic oxidation sites excluding steroid dienone is 1. The summed E-state index contributed by atoms with van der Waals surface area (Å²) in [6.07, 6.45) is 1.62. The number of hydrogen-bond acceptors (Lipinski definition) is 6. The molecule has 2 aromatic rings. The highest BCUT2D eigenvalue weighted by molar-refractivity contribution is 5.91. The molecule has 0 saturated heterocycles. The first kappa shape index (κ1) is 16.1. The van der Waals surface area contributed by atoms with Crippen LogP contribution in [-0.2, 0) is 6.54 Å². The van der Waals surface area contributed by atoms with Crippen LogP contribution in [0.15, 0.2) is 24.3 Å². The molecule has 0 radical (unpaired) electrons. The van der Waals surface area contributed by atoms with E-state index < -0.39 is 0 Å². The van der Waals surface area contributed by atoms with E-state index in [0.717, 1.165) is 5.56 Å². The average molecular weight is 309 g/mol. The summed E-state index contributed by atoms with van der Waals surface area (Å²) in [7, 11) is 1.57. The van der Waals surface area contributed by atoms with Crippen molar-refractivity contribution in [2.24, 2.45) is 0 Å². The number of hydrogen-bond donors (Lipinski definition) is 2. The Labute approximate surface area is 133 Å². The van der Waals surface area contributed by atoms with Gasteiger partial charge in [0.1, 0.15) is 35.0 Å². The number of nitriles is 2. The van der Waals surface area contributed by atoms with Crippen LogP contribution < -0.4 is 10.5 Å². The van der Waals surface area contributed by atoms with Gasteiger partial charge in [-0.1, -0.05) is 12.1 Å². The highest BCUT2D eigenvalue weighted by Crippen LogP contribution is 2.25. The van der Waals surface area contributed by atoms with Gasteiger partial charge in [-0.3, -0.25) is 0 Å². The Kier molecular flexibility index (Phi) is 4.98. The summed E-state index contributed by atoms with van der Waals surface area (Å²) < 4.78 is 6.40. The van der Waals surface area contributed by atoms with Gasteiger partial charge >= 0.3 is 0 Å². The SMILES string of the molecule is COc1ccc(/C=C(\C#N)c2nn(CCO)c(N)c2C#N)cc1. The topological polar surface area (TPSA) is 121 Å². The minimum absolute atomic E-state index is 0.125. The fraction of sp³-hybridized carbons (Fsp3) is 0.188. The molecule has 0 aliphatic rings. The third-order valence-corrected chi connectivity index (χ3v) is 3.22. The van der Waals surface area contributed by atoms with Crippen LogP contribution >= 0.6 is 0 Å². The quantitative estimate of drug-likeness (QED) is 0.805. The van der Waals surface area contributed by atoms with E-state index in [1.165, 1.54) is 4.68 Å². The molecular weight excluding hydrogens is 294 g/mol. The molecule has 1 heterocycles. The lowest BCUT2D eigenvalue weighted by Gasteiger charge is -2.00. The molecule has 0 bridgehead atoms. The Hall–Kier alpha value is -3.29. The van der Waals surface area contributed by atoms with Crippen molar-refractivity contribution in [1.29, 1.82) is 10.5 Å². The molecular formula is C16H15N5O2. The van der Waals surface area contributed by atoms with Gasteiger partial charge in [-0.15, -0.1) is 0 Å². The van der Waals surface area contributed by atoms with Gasteiger partial charge in [-0.05, 0) is 23.8 Å². The Morgan fingerprint density at radius 3 is 2.61 bits per heavy atom. The van der Waals surface area contributed by atoms with Gasteiger partial charge in [-0.25, -0.2) is 4.68 Å². The van der Waals surface area contributed by atoms with Crippen molar-refractivity contribution in [3.05, 3.63) is 41.1 Å². The van der Waals surface area contributed by atoms with Crippen molar-refractivity contribution in [3.63, 3.8) is 0 Å². The zero-order valence-electron chi connectivity index (χ0n) is 12.5. The lowest BCUT2D eigenvalue weighted by molar-refractivity contribution is 0.270. The third-order valence-electron chi connectivity index (χ3n) is 3.22. The first-order chi connectivity index (χ1) is 11.1. The minimum atomic E-state index is -0.166. The van der Waals surface area contributed by atoms with Crippen molar-refractivity contribution in [2.75, 3.05) is 19.5 Å². The summed E-state index contributed by atoms with van der Waals surface area (Å²) in [5.41, 5.74) is 7.15. The second-order valence-corrected chi connectivity index (χ2v) is 4.61. The maximum atomic E-state index is 9.40. The Morgan fingerprint density at radius 1 is 1.39 bits per heavy atom. The predicted octanol–water partition coefficient (Wildman–Crippen LogP) is 1.40. The molecule has 1 aromatic carbocycles. The number of rotatable bonds is 5. The molecule has 0 aliphatic carbocycles. The molecule has 0 atom stereocenters. The van der Waals surface area contributed by atoms with Crippen LogP contribution in [0.1, 0.15) is 16.8 Å². The van der Waals surface area contributed by atoms with Crippen LogP contribution in [0, 0.1) is 22.7 Å². The maximum Gasteiger partial charge on any atom is 0.140 e. The summed E-state index contributed by atoms with van der Waals surface area (Å²) >= 11 is 0. The van der Waals surface area contributed by atoms with Gasteiger partial charge in [-0.2, -0.15) is 15.6 Å². The largest absolute Gasteiger partial charge is 0.497 e. The van der Waals surface area contributed by atoms with Crippen LogP contribution in [0.5, 0.6) is 5.75 Å². The number of nitrogen functional groups attached to an aromatic ring is 1.